The van der Waals surface area contributed by atoms with Crippen molar-refractivity contribution >= 4 is 29.2 Å². The maximum Gasteiger partial charge on any atom is 0.321 e. The van der Waals surface area contributed by atoms with Crippen LogP contribution in [0.4, 0.5) is 5.69 Å². The molecule has 0 bridgehead atoms. The molecule has 0 spiro atoms. The molecule has 0 unspecified atom stereocenters. The molecule has 0 aliphatic heterocycles. The van der Waals surface area contributed by atoms with E-state index in [4.69, 9.17) is 27.2 Å². The Balaban J connectivity index is 2.63. The van der Waals surface area contributed by atoms with Crippen molar-refractivity contribution in [2.45, 2.75) is 12.5 Å². The van der Waals surface area contributed by atoms with E-state index in [2.05, 4.69) is 10.6 Å². The Kier molecular flexibility index (Phi) is 6.93. The number of aliphatic carboxylic acids is 1. The largest absolute Gasteiger partial charge is 0.495 e. The summed E-state index contributed by atoms with van der Waals surface area (Å²) in [6, 6.07) is 3.77. The summed E-state index contributed by atoms with van der Waals surface area (Å²) in [4.78, 5) is 22.8. The zero-order valence-electron chi connectivity index (χ0n) is 11.6. The van der Waals surface area contributed by atoms with E-state index in [9.17, 15) is 9.59 Å². The van der Waals surface area contributed by atoms with Gasteiger partial charge in [-0.15, -0.1) is 0 Å². The molecule has 7 nitrogen and oxygen atoms in total. The first-order valence-corrected chi connectivity index (χ1v) is 6.65. The van der Waals surface area contributed by atoms with Crippen molar-refractivity contribution in [1.82, 2.24) is 5.32 Å². The fraction of sp³-hybridized carbons (Fsp3) is 0.385. The number of amides is 1. The summed E-state index contributed by atoms with van der Waals surface area (Å²) in [6.07, 6.45) is -0.209. The van der Waals surface area contributed by atoms with Crippen LogP contribution in [0.1, 0.15) is 6.42 Å². The summed E-state index contributed by atoms with van der Waals surface area (Å²) in [5.74, 6) is -1.05. The number of nitrogens with one attached hydrogen (secondary N) is 2. The van der Waals surface area contributed by atoms with Crippen molar-refractivity contribution in [3.8, 4) is 5.75 Å². The molecule has 1 aromatic rings. The standard InChI is InChI=1S/C13H18ClN3O4/c1-21-11-3-2-8(6-9(11)14)17-12(18)7-10(13(19)20)16-5-4-15/h2-3,6,10,16H,4-5,7,15H2,1H3,(H,17,18)(H,19,20)/t10-/m1/s1. The number of hydrogen-bond donors (Lipinski definition) is 4. The molecule has 116 valence electrons. The van der Waals surface area contributed by atoms with Crippen molar-refractivity contribution in [2.24, 2.45) is 5.73 Å². The first-order valence-electron chi connectivity index (χ1n) is 6.27. The number of nitrogens with two attached hydrogens (primary N) is 1. The minimum atomic E-state index is -1.11. The van der Waals surface area contributed by atoms with Gasteiger partial charge in [-0.2, -0.15) is 0 Å². The molecule has 0 saturated heterocycles. The van der Waals surface area contributed by atoms with Crippen molar-refractivity contribution in [3.05, 3.63) is 23.2 Å². The first-order chi connectivity index (χ1) is 9.97. The molecule has 0 aromatic heterocycles. The number of hydrogen-bond acceptors (Lipinski definition) is 5. The van der Waals surface area contributed by atoms with Crippen molar-refractivity contribution in [1.29, 1.82) is 0 Å². The minimum Gasteiger partial charge on any atom is -0.495 e. The lowest BCUT2D eigenvalue weighted by Gasteiger charge is -2.14. The molecule has 0 aliphatic carbocycles. The number of methoxy groups -OCH3 is 1. The second kappa shape index (κ2) is 8.46. The molecule has 1 aromatic carbocycles. The number of carbonyl (C=O) groups excluding carboxylic acids is 1. The molecule has 1 atom stereocenters. The Hall–Kier alpha value is -1.83. The Bertz CT molecular complexity index is 510. The van der Waals surface area contributed by atoms with Gasteiger partial charge >= 0.3 is 5.97 Å². The third kappa shape index (κ3) is 5.58. The van der Waals surface area contributed by atoms with Gasteiger partial charge in [0.1, 0.15) is 11.8 Å². The highest BCUT2D eigenvalue weighted by molar-refractivity contribution is 6.32. The number of rotatable bonds is 8. The van der Waals surface area contributed by atoms with Crippen LogP contribution in [-0.4, -0.2) is 43.2 Å². The van der Waals surface area contributed by atoms with Crippen LogP contribution in [0.3, 0.4) is 0 Å². The number of halogens is 1. The van der Waals surface area contributed by atoms with E-state index < -0.39 is 17.9 Å². The second-order valence-electron chi connectivity index (χ2n) is 4.24. The van der Waals surface area contributed by atoms with Crippen LogP contribution >= 0.6 is 11.6 Å². The highest BCUT2D eigenvalue weighted by Gasteiger charge is 2.20. The zero-order valence-corrected chi connectivity index (χ0v) is 12.3. The smallest absolute Gasteiger partial charge is 0.321 e. The number of carboxylic acid groups (broad SMARTS) is 1. The Morgan fingerprint density at radius 1 is 1.48 bits per heavy atom. The van der Waals surface area contributed by atoms with Gasteiger partial charge in [0.05, 0.1) is 18.6 Å². The van der Waals surface area contributed by atoms with Gasteiger partial charge in [0.25, 0.3) is 0 Å². The van der Waals surface area contributed by atoms with Crippen molar-refractivity contribution < 1.29 is 19.4 Å². The van der Waals surface area contributed by atoms with Gasteiger partial charge in [-0.05, 0) is 18.2 Å². The predicted octanol–water partition coefficient (Wildman–Crippen LogP) is 0.679. The third-order valence-corrected chi connectivity index (χ3v) is 2.95. The van der Waals surface area contributed by atoms with Gasteiger partial charge < -0.3 is 26.2 Å². The highest BCUT2D eigenvalue weighted by Crippen LogP contribution is 2.27. The summed E-state index contributed by atoms with van der Waals surface area (Å²) in [7, 11) is 1.49. The summed E-state index contributed by atoms with van der Waals surface area (Å²) in [6.45, 7) is 0.609. The van der Waals surface area contributed by atoms with E-state index in [1.165, 1.54) is 13.2 Å². The number of anilines is 1. The van der Waals surface area contributed by atoms with Crippen LogP contribution in [0.2, 0.25) is 5.02 Å². The summed E-state index contributed by atoms with van der Waals surface area (Å²) in [5.41, 5.74) is 5.76. The molecule has 0 radical (unpaired) electrons. The van der Waals surface area contributed by atoms with Crippen LogP contribution in [-0.2, 0) is 9.59 Å². The van der Waals surface area contributed by atoms with Gasteiger partial charge in [0.2, 0.25) is 5.91 Å². The monoisotopic (exact) mass is 315 g/mol. The zero-order chi connectivity index (χ0) is 15.8. The molecule has 8 heteroatoms. The molecule has 1 amide bonds. The number of carboxylic acids is 1. The van der Waals surface area contributed by atoms with Gasteiger partial charge in [-0.3, -0.25) is 9.59 Å². The van der Waals surface area contributed by atoms with E-state index in [0.717, 1.165) is 0 Å². The average Bonchev–Trinajstić information content (AvgIpc) is 2.43. The third-order valence-electron chi connectivity index (χ3n) is 2.66. The quantitative estimate of drug-likeness (QED) is 0.561. The predicted molar refractivity (Wildman–Crippen MR) is 79.7 cm³/mol. The number of carbonyl (C=O) groups is 2. The fourth-order valence-corrected chi connectivity index (χ4v) is 1.90. The Morgan fingerprint density at radius 3 is 2.71 bits per heavy atom. The van der Waals surface area contributed by atoms with Crippen molar-refractivity contribution in [3.63, 3.8) is 0 Å². The lowest BCUT2D eigenvalue weighted by Crippen LogP contribution is -2.41. The van der Waals surface area contributed by atoms with Crippen LogP contribution in [0.5, 0.6) is 5.75 Å². The molecule has 0 heterocycles. The van der Waals surface area contributed by atoms with E-state index in [1.54, 1.807) is 12.1 Å². The normalized spacial score (nSPS) is 11.8. The molecule has 5 N–H and O–H groups in total. The van der Waals surface area contributed by atoms with E-state index >= 15 is 0 Å². The number of benzene rings is 1. The van der Waals surface area contributed by atoms with E-state index in [1.807, 2.05) is 0 Å². The maximum absolute atomic E-state index is 11.8. The topological polar surface area (TPSA) is 114 Å². The summed E-state index contributed by atoms with van der Waals surface area (Å²) in [5, 5.41) is 14.6. The molecular weight excluding hydrogens is 298 g/mol. The van der Waals surface area contributed by atoms with Crippen molar-refractivity contribution in [2.75, 3.05) is 25.5 Å². The molecule has 1 rings (SSSR count). The molecule has 0 aliphatic rings. The first kappa shape index (κ1) is 17.2. The van der Waals surface area contributed by atoms with Crippen LogP contribution < -0.4 is 21.1 Å². The highest BCUT2D eigenvalue weighted by atomic mass is 35.5. The lowest BCUT2D eigenvalue weighted by molar-refractivity contribution is -0.141. The maximum atomic E-state index is 11.8. The van der Waals surface area contributed by atoms with Crippen LogP contribution in [0.25, 0.3) is 0 Å². The molecule has 0 fully saturated rings. The lowest BCUT2D eigenvalue weighted by atomic mass is 10.2. The van der Waals surface area contributed by atoms with Gasteiger partial charge in [0, 0.05) is 18.8 Å². The van der Waals surface area contributed by atoms with Gasteiger partial charge in [-0.25, -0.2) is 0 Å². The average molecular weight is 316 g/mol. The Morgan fingerprint density at radius 2 is 2.19 bits per heavy atom. The van der Waals surface area contributed by atoms with Gasteiger partial charge in [-0.1, -0.05) is 11.6 Å². The van der Waals surface area contributed by atoms with Crippen LogP contribution in [0, 0.1) is 0 Å². The fourth-order valence-electron chi connectivity index (χ4n) is 1.65. The molecule has 0 saturated carbocycles. The van der Waals surface area contributed by atoms with E-state index in [-0.39, 0.29) is 6.42 Å². The minimum absolute atomic E-state index is 0.209. The Labute approximate surface area is 127 Å². The second-order valence-corrected chi connectivity index (χ2v) is 4.64. The molecule has 21 heavy (non-hydrogen) atoms. The SMILES string of the molecule is COc1ccc(NC(=O)C[C@@H](NCCN)C(=O)O)cc1Cl. The summed E-state index contributed by atoms with van der Waals surface area (Å²) >= 11 is 5.94. The summed E-state index contributed by atoms with van der Waals surface area (Å²) < 4.78 is 5.00. The molecular formula is C13H18ClN3O4. The van der Waals surface area contributed by atoms with E-state index in [0.29, 0.717) is 29.5 Å². The van der Waals surface area contributed by atoms with Crippen LogP contribution in [0.15, 0.2) is 18.2 Å². The van der Waals surface area contributed by atoms with Gasteiger partial charge in [0.15, 0.2) is 0 Å². The number of ether oxygens (including phenoxy) is 1.